The second-order valence-corrected chi connectivity index (χ2v) is 4.85. The number of halogens is 1. The van der Waals surface area contributed by atoms with Crippen molar-refractivity contribution in [3.63, 3.8) is 0 Å². The van der Waals surface area contributed by atoms with Crippen LogP contribution in [0.15, 0.2) is 24.3 Å². The van der Waals surface area contributed by atoms with Gasteiger partial charge in [-0.25, -0.2) is 9.37 Å². The van der Waals surface area contributed by atoms with E-state index in [1.807, 2.05) is 6.92 Å². The number of thiazole rings is 1. The molecule has 0 amide bonds. The highest BCUT2D eigenvalue weighted by molar-refractivity contribution is 7.12. The maximum atomic E-state index is 13.6. The van der Waals surface area contributed by atoms with Gasteiger partial charge in [0.2, 0.25) is 0 Å². The summed E-state index contributed by atoms with van der Waals surface area (Å²) in [7, 11) is 0. The van der Waals surface area contributed by atoms with Gasteiger partial charge in [0.15, 0.2) is 0 Å². The summed E-state index contributed by atoms with van der Waals surface area (Å²) >= 11 is 1.40. The molecule has 0 aliphatic carbocycles. The number of hydrogen-bond acceptors (Lipinski definition) is 3. The van der Waals surface area contributed by atoms with Gasteiger partial charge in [-0.3, -0.25) is 0 Å². The number of aliphatic hydroxyl groups is 1. The van der Waals surface area contributed by atoms with Gasteiger partial charge in [0.1, 0.15) is 16.9 Å². The van der Waals surface area contributed by atoms with Crippen LogP contribution in [0.5, 0.6) is 0 Å². The predicted octanol–water partition coefficient (Wildman–Crippen LogP) is 3.31. The molecule has 1 atom stereocenters. The zero-order valence-electron chi connectivity index (χ0n) is 9.07. The summed E-state index contributed by atoms with van der Waals surface area (Å²) in [5.74, 6) is -0.284. The Morgan fingerprint density at radius 2 is 2.06 bits per heavy atom. The number of benzene rings is 1. The number of aliphatic hydroxyl groups excluding tert-OH is 1. The smallest absolute Gasteiger partial charge is 0.132 e. The monoisotopic (exact) mass is 237 g/mol. The van der Waals surface area contributed by atoms with Gasteiger partial charge in [-0.2, -0.15) is 0 Å². The fourth-order valence-corrected chi connectivity index (χ4v) is 2.37. The van der Waals surface area contributed by atoms with Crippen molar-refractivity contribution in [3.8, 4) is 11.3 Å². The molecular formula is C12H12FNOS. The van der Waals surface area contributed by atoms with E-state index in [1.165, 1.54) is 17.4 Å². The fourth-order valence-electron chi connectivity index (χ4n) is 1.50. The van der Waals surface area contributed by atoms with Crippen molar-refractivity contribution < 1.29 is 9.50 Å². The maximum absolute atomic E-state index is 13.6. The molecule has 84 valence electrons. The lowest BCUT2D eigenvalue weighted by Gasteiger charge is -2.00. The Morgan fingerprint density at radius 3 is 2.62 bits per heavy atom. The summed E-state index contributed by atoms with van der Waals surface area (Å²) in [6.45, 7) is 3.54. The van der Waals surface area contributed by atoms with E-state index in [1.54, 1.807) is 25.1 Å². The molecule has 0 fully saturated rings. The van der Waals surface area contributed by atoms with Crippen LogP contribution in [0.3, 0.4) is 0 Å². The third-order valence-electron chi connectivity index (χ3n) is 2.30. The molecule has 1 unspecified atom stereocenters. The van der Waals surface area contributed by atoms with Gasteiger partial charge in [-0.05, 0) is 26.0 Å². The van der Waals surface area contributed by atoms with E-state index in [4.69, 9.17) is 0 Å². The number of rotatable bonds is 2. The molecule has 2 nitrogen and oxygen atoms in total. The molecule has 1 aromatic carbocycles. The lowest BCUT2D eigenvalue weighted by atomic mass is 10.1. The van der Waals surface area contributed by atoms with Crippen molar-refractivity contribution >= 4 is 11.3 Å². The lowest BCUT2D eigenvalue weighted by Crippen LogP contribution is -1.90. The van der Waals surface area contributed by atoms with E-state index in [9.17, 15) is 9.50 Å². The average molecular weight is 237 g/mol. The van der Waals surface area contributed by atoms with E-state index in [0.717, 1.165) is 4.88 Å². The summed E-state index contributed by atoms with van der Waals surface area (Å²) in [6, 6.07) is 6.54. The molecule has 0 saturated carbocycles. The molecule has 0 spiro atoms. The highest BCUT2D eigenvalue weighted by Crippen LogP contribution is 2.31. The van der Waals surface area contributed by atoms with Gasteiger partial charge in [-0.1, -0.05) is 12.1 Å². The third kappa shape index (κ3) is 1.99. The first-order valence-corrected chi connectivity index (χ1v) is 5.81. The van der Waals surface area contributed by atoms with Crippen LogP contribution in [-0.4, -0.2) is 10.1 Å². The largest absolute Gasteiger partial charge is 0.386 e. The Morgan fingerprint density at radius 1 is 1.38 bits per heavy atom. The fraction of sp³-hybridized carbons (Fsp3) is 0.250. The second kappa shape index (κ2) is 4.31. The molecule has 1 heterocycles. The molecule has 0 bridgehead atoms. The van der Waals surface area contributed by atoms with Crippen LogP contribution in [0.25, 0.3) is 11.3 Å². The molecule has 2 rings (SSSR count). The SMILES string of the molecule is Cc1sc(C(C)O)nc1-c1ccccc1F. The van der Waals surface area contributed by atoms with Crippen LogP contribution >= 0.6 is 11.3 Å². The molecule has 2 aromatic rings. The summed E-state index contributed by atoms with van der Waals surface area (Å²) in [5.41, 5.74) is 1.11. The van der Waals surface area contributed by atoms with Crippen molar-refractivity contribution in [3.05, 3.63) is 40.0 Å². The van der Waals surface area contributed by atoms with Crippen molar-refractivity contribution in [2.75, 3.05) is 0 Å². The van der Waals surface area contributed by atoms with E-state index >= 15 is 0 Å². The first-order chi connectivity index (χ1) is 7.59. The number of aryl methyl sites for hydroxylation is 1. The quantitative estimate of drug-likeness (QED) is 0.869. The van der Waals surface area contributed by atoms with Crippen molar-refractivity contribution in [1.82, 2.24) is 4.98 Å². The zero-order valence-corrected chi connectivity index (χ0v) is 9.88. The van der Waals surface area contributed by atoms with Crippen LogP contribution < -0.4 is 0 Å². The Labute approximate surface area is 97.4 Å². The first-order valence-electron chi connectivity index (χ1n) is 5.00. The molecule has 1 aromatic heterocycles. The van der Waals surface area contributed by atoms with Gasteiger partial charge in [0, 0.05) is 10.4 Å². The Hall–Kier alpha value is -1.26. The van der Waals surface area contributed by atoms with Crippen LogP contribution in [0.4, 0.5) is 4.39 Å². The topological polar surface area (TPSA) is 33.1 Å². The summed E-state index contributed by atoms with van der Waals surface area (Å²) < 4.78 is 13.6. The van der Waals surface area contributed by atoms with Gasteiger partial charge in [0.05, 0.1) is 5.69 Å². The molecule has 16 heavy (non-hydrogen) atoms. The molecule has 4 heteroatoms. The lowest BCUT2D eigenvalue weighted by molar-refractivity contribution is 0.199. The van der Waals surface area contributed by atoms with E-state index in [-0.39, 0.29) is 5.82 Å². The normalized spacial score (nSPS) is 12.8. The average Bonchev–Trinajstić information content (AvgIpc) is 2.61. The van der Waals surface area contributed by atoms with Crippen LogP contribution in [-0.2, 0) is 0 Å². The maximum Gasteiger partial charge on any atom is 0.132 e. The van der Waals surface area contributed by atoms with Crippen molar-refractivity contribution in [1.29, 1.82) is 0 Å². The highest BCUT2D eigenvalue weighted by Gasteiger charge is 2.15. The summed E-state index contributed by atoms with van der Waals surface area (Å²) in [5, 5.41) is 10.1. The van der Waals surface area contributed by atoms with Crippen molar-refractivity contribution in [2.45, 2.75) is 20.0 Å². The van der Waals surface area contributed by atoms with Gasteiger partial charge < -0.3 is 5.11 Å². The number of hydrogen-bond donors (Lipinski definition) is 1. The van der Waals surface area contributed by atoms with Gasteiger partial charge in [-0.15, -0.1) is 11.3 Å². The standard InChI is InChI=1S/C12H12FNOS/c1-7(15)12-14-11(8(2)16-12)9-5-3-4-6-10(9)13/h3-7,15H,1-2H3. The van der Waals surface area contributed by atoms with E-state index in [2.05, 4.69) is 4.98 Å². The highest BCUT2D eigenvalue weighted by atomic mass is 32.1. The van der Waals surface area contributed by atoms with Crippen molar-refractivity contribution in [2.24, 2.45) is 0 Å². The van der Waals surface area contributed by atoms with E-state index in [0.29, 0.717) is 16.3 Å². The van der Waals surface area contributed by atoms with Crippen LogP contribution in [0, 0.1) is 12.7 Å². The van der Waals surface area contributed by atoms with Crippen LogP contribution in [0.1, 0.15) is 22.9 Å². The second-order valence-electron chi connectivity index (χ2n) is 3.61. The Kier molecular flexibility index (Phi) is 3.03. The predicted molar refractivity (Wildman–Crippen MR) is 62.9 cm³/mol. The number of aromatic nitrogens is 1. The molecule has 1 N–H and O–H groups in total. The Balaban J connectivity index is 2.52. The minimum absolute atomic E-state index is 0.284. The number of nitrogens with zero attached hydrogens (tertiary/aromatic N) is 1. The zero-order chi connectivity index (χ0) is 11.7. The molecule has 0 radical (unpaired) electrons. The third-order valence-corrected chi connectivity index (χ3v) is 3.44. The molecule has 0 saturated heterocycles. The molecule has 0 aliphatic rings. The summed E-state index contributed by atoms with van der Waals surface area (Å²) in [4.78, 5) is 5.19. The van der Waals surface area contributed by atoms with E-state index < -0.39 is 6.10 Å². The summed E-state index contributed by atoms with van der Waals surface area (Å²) in [6.07, 6.45) is -0.607. The van der Waals surface area contributed by atoms with Gasteiger partial charge in [0.25, 0.3) is 0 Å². The minimum Gasteiger partial charge on any atom is -0.386 e. The Bertz CT molecular complexity index is 507. The van der Waals surface area contributed by atoms with Gasteiger partial charge >= 0.3 is 0 Å². The first kappa shape index (κ1) is 11.2. The molecule has 0 aliphatic heterocycles. The van der Waals surface area contributed by atoms with Crippen LogP contribution in [0.2, 0.25) is 0 Å². The minimum atomic E-state index is -0.607. The molecular weight excluding hydrogens is 225 g/mol.